The van der Waals surface area contributed by atoms with Crippen LogP contribution in [0.5, 0.6) is 0 Å². The van der Waals surface area contributed by atoms with Crippen LogP contribution in [0.1, 0.15) is 34.6 Å². The molecule has 0 aliphatic rings. The molecule has 1 aromatic carbocycles. The van der Waals surface area contributed by atoms with Crippen molar-refractivity contribution < 1.29 is 4.79 Å². The predicted molar refractivity (Wildman–Crippen MR) is 110 cm³/mol. The number of rotatable bonds is 6. The van der Waals surface area contributed by atoms with Crippen molar-refractivity contribution in [3.63, 3.8) is 0 Å². The Morgan fingerprint density at radius 3 is 2.52 bits per heavy atom. The van der Waals surface area contributed by atoms with Crippen LogP contribution >= 0.6 is 15.9 Å². The zero-order valence-corrected chi connectivity index (χ0v) is 17.7. The maximum atomic E-state index is 12.4. The zero-order valence-electron chi connectivity index (χ0n) is 16.1. The largest absolute Gasteiger partial charge is 0.323 e. The summed E-state index contributed by atoms with van der Waals surface area (Å²) in [6.07, 6.45) is 2.24. The fourth-order valence-corrected chi connectivity index (χ4v) is 3.32. The number of hydrogen-bond donors (Lipinski definition) is 1. The van der Waals surface area contributed by atoms with Crippen LogP contribution in [0.2, 0.25) is 0 Å². The Morgan fingerprint density at radius 2 is 1.85 bits per heavy atom. The van der Waals surface area contributed by atoms with Crippen LogP contribution in [0, 0.1) is 27.7 Å². The lowest BCUT2D eigenvalue weighted by Crippen LogP contribution is -2.16. The van der Waals surface area contributed by atoms with Crippen molar-refractivity contribution in [2.75, 3.05) is 5.32 Å². The molecule has 0 radical (unpaired) electrons. The number of nitrogens with one attached hydrogen (secondary N) is 1. The minimum absolute atomic E-state index is 0.0408. The summed E-state index contributed by atoms with van der Waals surface area (Å²) >= 11 is 3.44. The van der Waals surface area contributed by atoms with Crippen molar-refractivity contribution in [3.8, 4) is 0 Å². The Kier molecular flexibility index (Phi) is 5.79. The molecule has 3 aromatic rings. The van der Waals surface area contributed by atoms with E-state index in [9.17, 15) is 4.79 Å². The molecule has 142 valence electrons. The van der Waals surface area contributed by atoms with Crippen molar-refractivity contribution in [1.82, 2.24) is 19.6 Å². The SMILES string of the molecule is Cc1ccccc1Cn1nc(C)c(NC(=O)CCn2cc(Br)c(C)n2)c1C. The number of nitrogens with zero attached hydrogens (tertiary/aromatic N) is 4. The van der Waals surface area contributed by atoms with Gasteiger partial charge >= 0.3 is 0 Å². The molecule has 3 rings (SSSR count). The number of aryl methyl sites for hydroxylation is 4. The van der Waals surface area contributed by atoms with Gasteiger partial charge in [0.2, 0.25) is 5.91 Å². The minimum Gasteiger partial charge on any atom is -0.323 e. The van der Waals surface area contributed by atoms with Gasteiger partial charge in [0.05, 0.1) is 33.8 Å². The van der Waals surface area contributed by atoms with Crippen molar-refractivity contribution >= 4 is 27.5 Å². The highest BCUT2D eigenvalue weighted by Crippen LogP contribution is 2.21. The second kappa shape index (κ2) is 8.08. The molecule has 1 N–H and O–H groups in total. The number of aromatic nitrogens is 4. The van der Waals surface area contributed by atoms with E-state index in [1.807, 2.05) is 43.8 Å². The van der Waals surface area contributed by atoms with Crippen LogP contribution in [-0.4, -0.2) is 25.5 Å². The van der Waals surface area contributed by atoms with Crippen LogP contribution in [0.4, 0.5) is 5.69 Å². The molecular formula is C20H24BrN5O. The first-order chi connectivity index (χ1) is 12.8. The number of halogens is 1. The fraction of sp³-hybridized carbons (Fsp3) is 0.350. The highest BCUT2D eigenvalue weighted by Gasteiger charge is 2.15. The van der Waals surface area contributed by atoms with Gasteiger partial charge in [0.1, 0.15) is 0 Å². The van der Waals surface area contributed by atoms with Crippen LogP contribution in [0.3, 0.4) is 0 Å². The molecule has 0 saturated carbocycles. The van der Waals surface area contributed by atoms with E-state index in [1.165, 1.54) is 11.1 Å². The summed E-state index contributed by atoms with van der Waals surface area (Å²) in [6.45, 7) is 9.16. The first-order valence-electron chi connectivity index (χ1n) is 8.93. The van der Waals surface area contributed by atoms with E-state index in [1.54, 1.807) is 4.68 Å². The average molecular weight is 430 g/mol. The molecule has 0 fully saturated rings. The third-order valence-electron chi connectivity index (χ3n) is 4.68. The first-order valence-corrected chi connectivity index (χ1v) is 9.72. The summed E-state index contributed by atoms with van der Waals surface area (Å²) in [4.78, 5) is 12.4. The summed E-state index contributed by atoms with van der Waals surface area (Å²) in [6, 6.07) is 8.27. The van der Waals surface area contributed by atoms with E-state index in [0.29, 0.717) is 19.5 Å². The molecule has 2 aromatic heterocycles. The second-order valence-corrected chi connectivity index (χ2v) is 7.61. The third kappa shape index (κ3) is 4.47. The first kappa shape index (κ1) is 19.4. The minimum atomic E-state index is -0.0408. The van der Waals surface area contributed by atoms with Crippen LogP contribution < -0.4 is 5.32 Å². The monoisotopic (exact) mass is 429 g/mol. The molecular weight excluding hydrogens is 406 g/mol. The highest BCUT2D eigenvalue weighted by atomic mass is 79.9. The van der Waals surface area contributed by atoms with Gasteiger partial charge < -0.3 is 5.32 Å². The Labute approximate surface area is 167 Å². The van der Waals surface area contributed by atoms with Crippen LogP contribution in [-0.2, 0) is 17.9 Å². The van der Waals surface area contributed by atoms with Gasteiger partial charge in [-0.15, -0.1) is 0 Å². The van der Waals surface area contributed by atoms with Gasteiger partial charge in [-0.2, -0.15) is 10.2 Å². The standard InChI is InChI=1S/C20H24BrN5O/c1-13-7-5-6-8-17(13)11-26-16(4)20(15(3)24-26)22-19(27)9-10-25-12-18(21)14(2)23-25/h5-8,12H,9-11H2,1-4H3,(H,22,27). The van der Waals surface area contributed by atoms with Crippen molar-refractivity contribution in [3.05, 3.63) is 63.1 Å². The van der Waals surface area contributed by atoms with Crippen LogP contribution in [0.25, 0.3) is 0 Å². The Bertz CT molecular complexity index is 953. The van der Waals surface area contributed by atoms with E-state index in [4.69, 9.17) is 0 Å². The lowest BCUT2D eigenvalue weighted by atomic mass is 10.1. The van der Waals surface area contributed by atoms with Crippen molar-refractivity contribution in [2.45, 2.75) is 47.2 Å². The average Bonchev–Trinajstić information content (AvgIpc) is 3.08. The summed E-state index contributed by atoms with van der Waals surface area (Å²) in [5.74, 6) is -0.0408. The highest BCUT2D eigenvalue weighted by molar-refractivity contribution is 9.10. The third-order valence-corrected chi connectivity index (χ3v) is 5.46. The number of amides is 1. The Morgan fingerprint density at radius 1 is 1.11 bits per heavy atom. The maximum Gasteiger partial charge on any atom is 0.226 e. The maximum absolute atomic E-state index is 12.4. The summed E-state index contributed by atoms with van der Waals surface area (Å²) < 4.78 is 4.67. The smallest absolute Gasteiger partial charge is 0.226 e. The summed E-state index contributed by atoms with van der Waals surface area (Å²) in [7, 11) is 0. The number of carbonyl (C=O) groups excluding carboxylic acids is 1. The molecule has 0 atom stereocenters. The van der Waals surface area contributed by atoms with E-state index in [2.05, 4.69) is 50.5 Å². The topological polar surface area (TPSA) is 64.7 Å². The zero-order chi connectivity index (χ0) is 19.6. The molecule has 7 heteroatoms. The lowest BCUT2D eigenvalue weighted by Gasteiger charge is -2.09. The molecule has 0 aliphatic carbocycles. The molecule has 27 heavy (non-hydrogen) atoms. The van der Waals surface area contributed by atoms with Gasteiger partial charge in [0.15, 0.2) is 0 Å². The number of anilines is 1. The molecule has 0 bridgehead atoms. The second-order valence-electron chi connectivity index (χ2n) is 6.75. The molecule has 0 aliphatic heterocycles. The van der Waals surface area contributed by atoms with Gasteiger partial charge in [0, 0.05) is 19.2 Å². The predicted octanol–water partition coefficient (Wildman–Crippen LogP) is 4.15. The van der Waals surface area contributed by atoms with Crippen molar-refractivity contribution in [2.24, 2.45) is 0 Å². The quantitative estimate of drug-likeness (QED) is 0.639. The number of hydrogen-bond acceptors (Lipinski definition) is 3. The van der Waals surface area contributed by atoms with Crippen LogP contribution in [0.15, 0.2) is 34.9 Å². The van der Waals surface area contributed by atoms with E-state index < -0.39 is 0 Å². The summed E-state index contributed by atoms with van der Waals surface area (Å²) in [5.41, 5.74) is 5.96. The van der Waals surface area contributed by atoms with E-state index in [-0.39, 0.29) is 5.91 Å². The normalized spacial score (nSPS) is 11.0. The molecule has 0 spiro atoms. The van der Waals surface area contributed by atoms with Gasteiger partial charge in [-0.05, 0) is 54.8 Å². The molecule has 0 unspecified atom stereocenters. The van der Waals surface area contributed by atoms with E-state index >= 15 is 0 Å². The molecule has 6 nitrogen and oxygen atoms in total. The molecule has 0 saturated heterocycles. The number of benzene rings is 1. The van der Waals surface area contributed by atoms with Crippen molar-refractivity contribution in [1.29, 1.82) is 0 Å². The van der Waals surface area contributed by atoms with E-state index in [0.717, 1.165) is 27.2 Å². The number of carbonyl (C=O) groups is 1. The molecule has 2 heterocycles. The Balaban J connectivity index is 1.67. The lowest BCUT2D eigenvalue weighted by molar-refractivity contribution is -0.116. The fourth-order valence-electron chi connectivity index (χ4n) is 3.01. The Hall–Kier alpha value is -2.41. The van der Waals surface area contributed by atoms with Gasteiger partial charge in [-0.25, -0.2) is 0 Å². The van der Waals surface area contributed by atoms with Gasteiger partial charge in [-0.1, -0.05) is 24.3 Å². The van der Waals surface area contributed by atoms with Gasteiger partial charge in [-0.3, -0.25) is 14.2 Å². The van der Waals surface area contributed by atoms with Gasteiger partial charge in [0.25, 0.3) is 0 Å². The summed E-state index contributed by atoms with van der Waals surface area (Å²) in [5, 5.41) is 12.0. The molecule has 1 amide bonds.